The molecule has 1 atom stereocenters. The normalized spacial score (nSPS) is 18.8. The standard InChI is InChI=1S/C24H31F4N5O2S/c1-14(10-24(26,27)28)31-22(34)35-13-15-7-16(8-15)17-11-29-21(30-12-17)32-20-6-5-18(9-19(20)25)36-33-23(2,3)4/h5-6,9,11-12,14-16,33H,7-8,10,13H2,1-4H3,(H,31,34)(H,29,30,32). The number of benzene rings is 1. The first-order chi connectivity index (χ1) is 16.8. The minimum absolute atomic E-state index is 0.103. The summed E-state index contributed by atoms with van der Waals surface area (Å²) >= 11 is 1.36. The highest BCUT2D eigenvalue weighted by Gasteiger charge is 2.33. The summed E-state index contributed by atoms with van der Waals surface area (Å²) in [6.45, 7) is 7.49. The molecule has 198 valence electrons. The lowest BCUT2D eigenvalue weighted by molar-refractivity contribution is -0.138. The minimum Gasteiger partial charge on any atom is -0.449 e. The van der Waals surface area contributed by atoms with E-state index in [2.05, 4.69) is 25.3 Å². The van der Waals surface area contributed by atoms with Crippen LogP contribution in [0.3, 0.4) is 0 Å². The van der Waals surface area contributed by atoms with Crippen LogP contribution in [-0.2, 0) is 4.74 Å². The lowest BCUT2D eigenvalue weighted by atomic mass is 9.72. The molecule has 0 spiro atoms. The highest BCUT2D eigenvalue weighted by Crippen LogP contribution is 2.41. The van der Waals surface area contributed by atoms with Crippen LogP contribution in [0.15, 0.2) is 35.5 Å². The van der Waals surface area contributed by atoms with E-state index in [0.717, 1.165) is 23.3 Å². The minimum atomic E-state index is -4.34. The smallest absolute Gasteiger partial charge is 0.407 e. The van der Waals surface area contributed by atoms with Crippen LogP contribution in [0.2, 0.25) is 0 Å². The summed E-state index contributed by atoms with van der Waals surface area (Å²) in [7, 11) is 0. The Morgan fingerprint density at radius 1 is 1.19 bits per heavy atom. The summed E-state index contributed by atoms with van der Waals surface area (Å²) in [5, 5.41) is 5.07. The number of carbonyl (C=O) groups is 1. The van der Waals surface area contributed by atoms with E-state index in [4.69, 9.17) is 4.74 Å². The number of nitrogens with zero attached hydrogens (tertiary/aromatic N) is 2. The van der Waals surface area contributed by atoms with Gasteiger partial charge in [0, 0.05) is 28.9 Å². The maximum atomic E-state index is 14.5. The van der Waals surface area contributed by atoms with E-state index < -0.39 is 30.5 Å². The largest absolute Gasteiger partial charge is 0.449 e. The number of ether oxygens (including phenoxy) is 1. The van der Waals surface area contributed by atoms with Gasteiger partial charge in [-0.25, -0.2) is 19.2 Å². The maximum absolute atomic E-state index is 14.5. The van der Waals surface area contributed by atoms with Crippen molar-refractivity contribution < 1.29 is 27.1 Å². The van der Waals surface area contributed by atoms with E-state index in [1.54, 1.807) is 24.5 Å². The fourth-order valence-corrected chi connectivity index (χ4v) is 4.31. The number of hydrogen-bond donors (Lipinski definition) is 3. The molecule has 0 aliphatic heterocycles. The predicted octanol–water partition coefficient (Wildman–Crippen LogP) is 6.32. The summed E-state index contributed by atoms with van der Waals surface area (Å²) in [5.74, 6) is 0.176. The van der Waals surface area contributed by atoms with Gasteiger partial charge in [0.1, 0.15) is 5.82 Å². The highest BCUT2D eigenvalue weighted by atomic mass is 32.2. The number of alkyl halides is 3. The molecule has 1 amide bonds. The van der Waals surface area contributed by atoms with Crippen LogP contribution in [0.1, 0.15) is 58.4 Å². The van der Waals surface area contributed by atoms with Gasteiger partial charge in [-0.1, -0.05) is 0 Å². The first-order valence-corrected chi connectivity index (χ1v) is 12.4. The Morgan fingerprint density at radius 3 is 2.44 bits per heavy atom. The topological polar surface area (TPSA) is 88.2 Å². The molecule has 3 N–H and O–H groups in total. The van der Waals surface area contributed by atoms with Crippen LogP contribution >= 0.6 is 11.9 Å². The fourth-order valence-electron chi connectivity index (χ4n) is 3.59. The SMILES string of the molecule is CC(CC(F)(F)F)NC(=O)OCC1CC(c2cnc(Nc3ccc(SNC(C)(C)C)cc3F)nc2)C1. The molecule has 1 aromatic carbocycles. The Hall–Kier alpha value is -2.60. The predicted molar refractivity (Wildman–Crippen MR) is 131 cm³/mol. The molecular formula is C24H31F4N5O2S. The van der Waals surface area contributed by atoms with Crippen LogP contribution in [0, 0.1) is 11.7 Å². The zero-order valence-corrected chi connectivity index (χ0v) is 21.4. The van der Waals surface area contributed by atoms with E-state index in [9.17, 15) is 22.4 Å². The second-order valence-electron chi connectivity index (χ2n) is 10.1. The van der Waals surface area contributed by atoms with Crippen molar-refractivity contribution in [2.45, 2.75) is 75.5 Å². The molecule has 1 aliphatic rings. The molecule has 1 heterocycles. The van der Waals surface area contributed by atoms with Crippen molar-refractivity contribution in [1.82, 2.24) is 20.0 Å². The molecule has 0 radical (unpaired) electrons. The van der Waals surface area contributed by atoms with Crippen LogP contribution < -0.4 is 15.4 Å². The number of hydrogen-bond acceptors (Lipinski definition) is 7. The lowest BCUT2D eigenvalue weighted by Crippen LogP contribution is -2.38. The second-order valence-corrected chi connectivity index (χ2v) is 10.9. The van der Waals surface area contributed by atoms with Gasteiger partial charge in [0.25, 0.3) is 0 Å². The van der Waals surface area contributed by atoms with E-state index in [1.165, 1.54) is 24.9 Å². The van der Waals surface area contributed by atoms with Gasteiger partial charge in [0.05, 0.1) is 18.7 Å². The molecule has 2 aromatic rings. The molecular weight excluding hydrogens is 498 g/mol. The Morgan fingerprint density at radius 2 is 1.86 bits per heavy atom. The summed E-state index contributed by atoms with van der Waals surface area (Å²) in [5.41, 5.74) is 1.08. The number of carbonyl (C=O) groups excluding carboxylic acids is 1. The highest BCUT2D eigenvalue weighted by molar-refractivity contribution is 7.97. The third-order valence-corrected chi connectivity index (χ3v) is 6.60. The van der Waals surface area contributed by atoms with Crippen molar-refractivity contribution in [3.8, 4) is 0 Å². The number of anilines is 2. The molecule has 1 aromatic heterocycles. The molecule has 7 nitrogen and oxygen atoms in total. The van der Waals surface area contributed by atoms with Gasteiger partial charge in [-0.3, -0.25) is 4.72 Å². The van der Waals surface area contributed by atoms with Crippen molar-refractivity contribution in [2.24, 2.45) is 5.92 Å². The molecule has 1 fully saturated rings. The zero-order chi connectivity index (χ0) is 26.5. The van der Waals surface area contributed by atoms with Crippen molar-refractivity contribution >= 4 is 29.7 Å². The van der Waals surface area contributed by atoms with Gasteiger partial charge >= 0.3 is 12.3 Å². The van der Waals surface area contributed by atoms with Gasteiger partial charge in [0.15, 0.2) is 0 Å². The number of nitrogens with one attached hydrogen (secondary N) is 3. The van der Waals surface area contributed by atoms with Gasteiger partial charge in [-0.15, -0.1) is 0 Å². The Kier molecular flexibility index (Phi) is 9.04. The summed E-state index contributed by atoms with van der Waals surface area (Å²) in [4.78, 5) is 21.0. The Labute approximate surface area is 212 Å². The fraction of sp³-hybridized carbons (Fsp3) is 0.542. The van der Waals surface area contributed by atoms with Crippen molar-refractivity contribution in [2.75, 3.05) is 11.9 Å². The van der Waals surface area contributed by atoms with Crippen molar-refractivity contribution in [1.29, 1.82) is 0 Å². The Bertz CT molecular complexity index is 1020. The molecule has 0 bridgehead atoms. The quantitative estimate of drug-likeness (QED) is 0.259. The van der Waals surface area contributed by atoms with Gasteiger partial charge in [-0.2, -0.15) is 13.2 Å². The summed E-state index contributed by atoms with van der Waals surface area (Å²) < 4.78 is 59.8. The average Bonchev–Trinajstić information content (AvgIpc) is 2.72. The third kappa shape index (κ3) is 9.12. The molecule has 1 unspecified atom stereocenters. The van der Waals surface area contributed by atoms with Crippen molar-refractivity contribution in [3.63, 3.8) is 0 Å². The number of alkyl carbamates (subject to hydrolysis) is 1. The first-order valence-electron chi connectivity index (χ1n) is 11.6. The van der Waals surface area contributed by atoms with Gasteiger partial charge in [0.2, 0.25) is 5.95 Å². The zero-order valence-electron chi connectivity index (χ0n) is 20.6. The third-order valence-electron chi connectivity index (χ3n) is 5.39. The van der Waals surface area contributed by atoms with Crippen molar-refractivity contribution in [3.05, 3.63) is 42.0 Å². The van der Waals surface area contributed by atoms with Gasteiger partial charge < -0.3 is 15.4 Å². The molecule has 12 heteroatoms. The van der Waals surface area contributed by atoms with Crippen LogP contribution in [0.5, 0.6) is 0 Å². The molecule has 1 saturated carbocycles. The summed E-state index contributed by atoms with van der Waals surface area (Å²) in [6.07, 6.45) is -1.45. The van der Waals surface area contributed by atoms with Gasteiger partial charge in [-0.05, 0) is 88.1 Å². The van der Waals surface area contributed by atoms with E-state index in [-0.39, 0.29) is 35.6 Å². The number of rotatable bonds is 9. The first kappa shape index (κ1) is 28.0. The summed E-state index contributed by atoms with van der Waals surface area (Å²) in [6, 6.07) is 3.83. The lowest BCUT2D eigenvalue weighted by Gasteiger charge is -2.34. The molecule has 36 heavy (non-hydrogen) atoms. The second kappa shape index (κ2) is 11.6. The van der Waals surface area contributed by atoms with Crippen LogP contribution in [-0.4, -0.2) is 40.4 Å². The van der Waals surface area contributed by atoms with E-state index in [1.807, 2.05) is 20.8 Å². The maximum Gasteiger partial charge on any atom is 0.407 e. The van der Waals surface area contributed by atoms with E-state index in [0.29, 0.717) is 0 Å². The monoisotopic (exact) mass is 529 g/mol. The molecule has 0 saturated heterocycles. The van der Waals surface area contributed by atoms with E-state index >= 15 is 0 Å². The molecule has 3 rings (SSSR count). The number of amides is 1. The Balaban J connectivity index is 1.41. The average molecular weight is 530 g/mol. The number of halogens is 4. The van der Waals surface area contributed by atoms with Crippen LogP contribution in [0.25, 0.3) is 0 Å². The van der Waals surface area contributed by atoms with Crippen LogP contribution in [0.4, 0.5) is 34.0 Å². The number of aromatic nitrogens is 2. The molecule has 1 aliphatic carbocycles.